The number of halogens is 1. The van der Waals surface area contributed by atoms with Gasteiger partial charge >= 0.3 is 0 Å². The van der Waals surface area contributed by atoms with Crippen molar-refractivity contribution in [2.24, 2.45) is 5.92 Å². The highest BCUT2D eigenvalue weighted by molar-refractivity contribution is 6.32. The number of carbonyl (C=O) groups is 1. The fourth-order valence-electron chi connectivity index (χ4n) is 3.38. The highest BCUT2D eigenvalue weighted by atomic mass is 35.5. The monoisotopic (exact) mass is 387 g/mol. The molecule has 1 fully saturated rings. The van der Waals surface area contributed by atoms with E-state index in [9.17, 15) is 9.90 Å². The van der Waals surface area contributed by atoms with Crippen molar-refractivity contribution in [1.82, 2.24) is 14.9 Å². The van der Waals surface area contributed by atoms with Crippen molar-refractivity contribution < 1.29 is 9.90 Å². The molecule has 2 aromatic rings. The number of aliphatic hydroxyl groups excluding tert-OH is 1. The minimum absolute atomic E-state index is 0.124. The lowest BCUT2D eigenvalue weighted by molar-refractivity contribution is -0.121. The van der Waals surface area contributed by atoms with Gasteiger partial charge in [0.15, 0.2) is 0 Å². The lowest BCUT2D eigenvalue weighted by atomic mass is 9.90. The molecule has 2 atom stereocenters. The number of carbonyl (C=O) groups excluding carboxylic acids is 1. The number of hydrogen-bond donors (Lipinski definition) is 3. The van der Waals surface area contributed by atoms with Crippen molar-refractivity contribution in [1.29, 1.82) is 5.26 Å². The summed E-state index contributed by atoms with van der Waals surface area (Å²) in [6, 6.07) is 6.52. The van der Waals surface area contributed by atoms with E-state index in [-0.39, 0.29) is 17.9 Å². The van der Waals surface area contributed by atoms with E-state index < -0.39 is 6.10 Å². The van der Waals surface area contributed by atoms with Crippen LogP contribution in [-0.2, 0) is 4.79 Å². The second-order valence-corrected chi connectivity index (χ2v) is 7.17. The number of anilines is 1. The van der Waals surface area contributed by atoms with Crippen LogP contribution in [0, 0.1) is 17.2 Å². The zero-order valence-electron chi connectivity index (χ0n) is 15.0. The quantitative estimate of drug-likeness (QED) is 0.731. The summed E-state index contributed by atoms with van der Waals surface area (Å²) >= 11 is 6.01. The average molecular weight is 388 g/mol. The van der Waals surface area contributed by atoms with Crippen LogP contribution in [0.4, 0.5) is 5.69 Å². The van der Waals surface area contributed by atoms with Crippen LogP contribution in [-0.4, -0.2) is 45.0 Å². The summed E-state index contributed by atoms with van der Waals surface area (Å²) in [5.41, 5.74) is 0.943. The maximum atomic E-state index is 12.6. The first-order valence-electron chi connectivity index (χ1n) is 8.91. The lowest BCUT2D eigenvalue weighted by Gasteiger charge is -2.36. The van der Waals surface area contributed by atoms with Crippen LogP contribution in [0.2, 0.25) is 5.02 Å². The third kappa shape index (κ3) is 4.48. The van der Waals surface area contributed by atoms with Crippen LogP contribution in [0.3, 0.4) is 0 Å². The van der Waals surface area contributed by atoms with Gasteiger partial charge in [0.05, 0.1) is 16.6 Å². The summed E-state index contributed by atoms with van der Waals surface area (Å²) in [4.78, 5) is 21.7. The molecule has 1 aliphatic heterocycles. The first-order chi connectivity index (χ1) is 13.0. The van der Waals surface area contributed by atoms with Crippen LogP contribution in [0.25, 0.3) is 0 Å². The predicted octanol–water partition coefficient (Wildman–Crippen LogP) is 2.71. The van der Waals surface area contributed by atoms with E-state index in [2.05, 4.69) is 20.2 Å². The number of aromatic amines is 1. The summed E-state index contributed by atoms with van der Waals surface area (Å²) < 4.78 is 0. The standard InChI is InChI=1S/C19H22ClN5O2/c1-12(19(27)24-15-3-2-14(11-21)16(20)10-15)25-8-4-13(5-9-25)17(26)18-22-6-7-23-18/h2-3,6-7,10,12-13,17,26H,4-5,8-9H2,1H3,(H,22,23)(H,24,27)/t12-,17+/m0/s1. The van der Waals surface area contributed by atoms with E-state index >= 15 is 0 Å². The molecule has 3 rings (SSSR count). The zero-order chi connectivity index (χ0) is 19.4. The second-order valence-electron chi connectivity index (χ2n) is 6.76. The van der Waals surface area contributed by atoms with E-state index in [1.54, 1.807) is 30.6 Å². The number of aliphatic hydroxyl groups is 1. The lowest BCUT2D eigenvalue weighted by Crippen LogP contribution is -2.46. The minimum Gasteiger partial charge on any atom is -0.385 e. The molecule has 1 aliphatic rings. The molecule has 7 nitrogen and oxygen atoms in total. The average Bonchev–Trinajstić information content (AvgIpc) is 3.22. The Hall–Kier alpha value is -2.40. The van der Waals surface area contributed by atoms with Crippen molar-refractivity contribution in [3.05, 3.63) is 47.0 Å². The summed E-state index contributed by atoms with van der Waals surface area (Å²) in [6.45, 7) is 3.32. The normalized spacial score (nSPS) is 17.9. The fraction of sp³-hybridized carbons (Fsp3) is 0.421. The summed E-state index contributed by atoms with van der Waals surface area (Å²) in [7, 11) is 0. The Morgan fingerprint density at radius 2 is 2.22 bits per heavy atom. The molecule has 3 N–H and O–H groups in total. The molecule has 142 valence electrons. The maximum Gasteiger partial charge on any atom is 0.241 e. The molecule has 8 heteroatoms. The maximum absolute atomic E-state index is 12.6. The van der Waals surface area contributed by atoms with E-state index in [0.717, 1.165) is 25.9 Å². The third-order valence-electron chi connectivity index (χ3n) is 5.10. The molecule has 2 heterocycles. The van der Waals surface area contributed by atoms with Crippen molar-refractivity contribution in [3.63, 3.8) is 0 Å². The number of benzene rings is 1. The van der Waals surface area contributed by atoms with Crippen molar-refractivity contribution >= 4 is 23.2 Å². The number of nitrogens with zero attached hydrogens (tertiary/aromatic N) is 3. The Kier molecular flexibility index (Phi) is 6.11. The number of hydrogen-bond acceptors (Lipinski definition) is 5. The Morgan fingerprint density at radius 3 is 2.81 bits per heavy atom. The van der Waals surface area contributed by atoms with Crippen LogP contribution < -0.4 is 5.32 Å². The van der Waals surface area contributed by atoms with E-state index in [1.807, 2.05) is 13.0 Å². The number of nitrogens with one attached hydrogen (secondary N) is 2. The molecule has 0 unspecified atom stereocenters. The van der Waals surface area contributed by atoms with Gasteiger partial charge in [0.25, 0.3) is 0 Å². The van der Waals surface area contributed by atoms with Gasteiger partial charge in [-0.15, -0.1) is 0 Å². The van der Waals surface area contributed by atoms with Gasteiger partial charge in [-0.1, -0.05) is 11.6 Å². The predicted molar refractivity (Wildman–Crippen MR) is 102 cm³/mol. The Morgan fingerprint density at radius 1 is 1.48 bits per heavy atom. The summed E-state index contributed by atoms with van der Waals surface area (Å²) in [5.74, 6) is 0.595. The first-order valence-corrected chi connectivity index (χ1v) is 9.29. The topological polar surface area (TPSA) is 105 Å². The van der Waals surface area contributed by atoms with Crippen molar-refractivity contribution in [2.45, 2.75) is 31.9 Å². The van der Waals surface area contributed by atoms with Crippen molar-refractivity contribution in [2.75, 3.05) is 18.4 Å². The highest BCUT2D eigenvalue weighted by Crippen LogP contribution is 2.30. The van der Waals surface area contributed by atoms with Crippen molar-refractivity contribution in [3.8, 4) is 6.07 Å². The Balaban J connectivity index is 1.54. The fourth-order valence-corrected chi connectivity index (χ4v) is 3.60. The number of piperidine rings is 1. The SMILES string of the molecule is C[C@@H](C(=O)Nc1ccc(C#N)c(Cl)c1)N1CCC([C@@H](O)c2ncc[nH]2)CC1. The molecule has 0 radical (unpaired) electrons. The molecule has 1 amide bonds. The van der Waals surface area contributed by atoms with Gasteiger partial charge in [0.2, 0.25) is 5.91 Å². The van der Waals surface area contributed by atoms with Gasteiger partial charge in [-0.25, -0.2) is 4.98 Å². The van der Waals surface area contributed by atoms with E-state index in [1.165, 1.54) is 0 Å². The molecule has 0 bridgehead atoms. The van der Waals surface area contributed by atoms with Crippen LogP contribution in [0.15, 0.2) is 30.6 Å². The molecule has 0 saturated carbocycles. The molecule has 1 saturated heterocycles. The molecular weight excluding hydrogens is 366 g/mol. The number of H-pyrrole nitrogens is 1. The Labute approximate surface area is 163 Å². The smallest absolute Gasteiger partial charge is 0.241 e. The largest absolute Gasteiger partial charge is 0.385 e. The van der Waals surface area contributed by atoms with Gasteiger partial charge in [-0.05, 0) is 57.0 Å². The van der Waals surface area contributed by atoms with Gasteiger partial charge in [0, 0.05) is 18.1 Å². The minimum atomic E-state index is -0.605. The molecular formula is C19H22ClN5O2. The van der Waals surface area contributed by atoms with Gasteiger partial charge in [-0.3, -0.25) is 9.69 Å². The Bertz CT molecular complexity index is 825. The number of aromatic nitrogens is 2. The number of imidazole rings is 1. The molecule has 0 aliphatic carbocycles. The number of rotatable bonds is 5. The number of nitriles is 1. The van der Waals surface area contributed by atoms with Gasteiger partial charge < -0.3 is 15.4 Å². The van der Waals surface area contributed by atoms with E-state index in [0.29, 0.717) is 22.1 Å². The molecule has 27 heavy (non-hydrogen) atoms. The number of amides is 1. The first kappa shape index (κ1) is 19.4. The second kappa shape index (κ2) is 8.53. The van der Waals surface area contributed by atoms with E-state index in [4.69, 9.17) is 16.9 Å². The highest BCUT2D eigenvalue weighted by Gasteiger charge is 2.31. The van der Waals surface area contributed by atoms with Gasteiger partial charge in [-0.2, -0.15) is 5.26 Å². The molecule has 1 aromatic heterocycles. The van der Waals surface area contributed by atoms with Crippen LogP contribution >= 0.6 is 11.6 Å². The third-order valence-corrected chi connectivity index (χ3v) is 5.42. The summed E-state index contributed by atoms with van der Waals surface area (Å²) in [5, 5.41) is 22.5. The molecule has 1 aromatic carbocycles. The van der Waals surface area contributed by atoms with Crippen LogP contribution in [0.5, 0.6) is 0 Å². The zero-order valence-corrected chi connectivity index (χ0v) is 15.8. The summed E-state index contributed by atoms with van der Waals surface area (Å²) in [6.07, 6.45) is 4.32. The van der Waals surface area contributed by atoms with Crippen LogP contribution in [0.1, 0.15) is 37.3 Å². The van der Waals surface area contributed by atoms with Gasteiger partial charge in [0.1, 0.15) is 18.0 Å². The molecule has 0 spiro atoms. The number of likely N-dealkylation sites (tertiary alicyclic amines) is 1.